The molecule has 0 unspecified atom stereocenters. The van der Waals surface area contributed by atoms with Crippen molar-refractivity contribution in [1.29, 1.82) is 0 Å². The fourth-order valence-corrected chi connectivity index (χ4v) is 2.61. The van der Waals surface area contributed by atoms with Crippen LogP contribution in [0.2, 0.25) is 0 Å². The average Bonchev–Trinajstić information content (AvgIpc) is 2.70. The molecule has 1 fully saturated rings. The minimum atomic E-state index is -0.850. The lowest BCUT2D eigenvalue weighted by molar-refractivity contribution is -0.148. The van der Waals surface area contributed by atoms with Crippen molar-refractivity contribution in [2.24, 2.45) is 11.1 Å². The number of hydrogen-bond acceptors (Lipinski definition) is 7. The molecule has 6 nitrogen and oxygen atoms in total. The molecular weight excluding hydrogens is 222 g/mol. The molecule has 0 aromatic heterocycles. The number of oxime groups is 1. The fraction of sp³-hybridized carbons (Fsp3) is 0.625. The van der Waals surface area contributed by atoms with Crippen LogP contribution in [0.25, 0.3) is 0 Å². The van der Waals surface area contributed by atoms with Gasteiger partial charge in [0, 0.05) is 5.75 Å². The summed E-state index contributed by atoms with van der Waals surface area (Å²) in [6.45, 7) is 0. The molecule has 0 saturated carbocycles. The highest BCUT2D eigenvalue weighted by Gasteiger charge is 2.45. The number of nitrogens with zero attached hydrogens (tertiary/aromatic N) is 1. The van der Waals surface area contributed by atoms with E-state index in [2.05, 4.69) is 14.6 Å². The van der Waals surface area contributed by atoms with Gasteiger partial charge in [-0.25, -0.2) is 0 Å². The van der Waals surface area contributed by atoms with Gasteiger partial charge in [-0.3, -0.25) is 9.59 Å². The fourth-order valence-electron chi connectivity index (χ4n) is 1.33. The number of esters is 2. The van der Waals surface area contributed by atoms with E-state index >= 15 is 0 Å². The van der Waals surface area contributed by atoms with Crippen LogP contribution in [0.4, 0.5) is 0 Å². The molecule has 1 N–H and O–H groups in total. The first-order chi connectivity index (χ1) is 7.15. The number of hydrogen-bond donors (Lipinski definition) is 1. The van der Waals surface area contributed by atoms with Crippen LogP contribution in [0.5, 0.6) is 0 Å². The van der Waals surface area contributed by atoms with Gasteiger partial charge in [0.05, 0.1) is 19.9 Å². The molecule has 0 aromatic carbocycles. The van der Waals surface area contributed by atoms with Crippen LogP contribution in [0.1, 0.15) is 0 Å². The van der Waals surface area contributed by atoms with Crippen LogP contribution in [0.3, 0.4) is 0 Å². The van der Waals surface area contributed by atoms with E-state index in [4.69, 9.17) is 5.21 Å². The largest absolute Gasteiger partial charge is 0.468 e. The predicted octanol–water partition coefficient (Wildman–Crippen LogP) is -0.106. The molecular formula is C8H11NO5S. The highest BCUT2D eigenvalue weighted by molar-refractivity contribution is 8.01. The van der Waals surface area contributed by atoms with Crippen LogP contribution in [0.15, 0.2) is 5.16 Å². The molecule has 1 rings (SSSR count). The first kappa shape index (κ1) is 11.8. The Bertz CT molecular complexity index is 303. The highest BCUT2D eigenvalue weighted by Crippen LogP contribution is 2.32. The van der Waals surface area contributed by atoms with Crippen molar-refractivity contribution >= 4 is 29.4 Å². The third-order valence-corrected chi connectivity index (χ3v) is 3.38. The minimum Gasteiger partial charge on any atom is -0.468 e. The second-order valence-electron chi connectivity index (χ2n) is 2.85. The molecule has 1 aliphatic heterocycles. The number of ether oxygens (including phenoxy) is 2. The Labute approximate surface area is 90.6 Å². The lowest BCUT2D eigenvalue weighted by Gasteiger charge is -2.13. The molecule has 7 heteroatoms. The van der Waals surface area contributed by atoms with Crippen LogP contribution in [-0.2, 0) is 19.1 Å². The highest BCUT2D eigenvalue weighted by atomic mass is 32.2. The monoisotopic (exact) mass is 233 g/mol. The van der Waals surface area contributed by atoms with Crippen molar-refractivity contribution < 1.29 is 24.3 Å². The molecule has 84 valence electrons. The minimum absolute atomic E-state index is 0.238. The van der Waals surface area contributed by atoms with Crippen molar-refractivity contribution in [1.82, 2.24) is 0 Å². The summed E-state index contributed by atoms with van der Waals surface area (Å²) >= 11 is 1.19. The van der Waals surface area contributed by atoms with Gasteiger partial charge < -0.3 is 14.7 Å². The zero-order valence-corrected chi connectivity index (χ0v) is 9.11. The van der Waals surface area contributed by atoms with Crippen LogP contribution in [-0.4, -0.2) is 48.1 Å². The summed E-state index contributed by atoms with van der Waals surface area (Å²) in [4.78, 5) is 22.7. The molecule has 1 aliphatic rings. The van der Waals surface area contributed by atoms with Crippen molar-refractivity contribution in [3.8, 4) is 0 Å². The Hall–Kier alpha value is -1.24. The standard InChI is InChI=1S/C8H11NO5S/c1-13-7(10)5-4(9-12)3-15-6(5)8(11)14-2/h5-6,12H,3H2,1-2H3/t5-,6-/m1/s1. The lowest BCUT2D eigenvalue weighted by Crippen LogP contribution is -2.34. The van der Waals surface area contributed by atoms with Crippen molar-refractivity contribution in [3.05, 3.63) is 0 Å². The van der Waals surface area contributed by atoms with Crippen molar-refractivity contribution in [3.63, 3.8) is 0 Å². The van der Waals surface area contributed by atoms with Gasteiger partial charge in [0.2, 0.25) is 0 Å². The van der Waals surface area contributed by atoms with Gasteiger partial charge >= 0.3 is 11.9 Å². The van der Waals surface area contributed by atoms with Gasteiger partial charge in [0.15, 0.2) is 0 Å². The molecule has 15 heavy (non-hydrogen) atoms. The van der Waals surface area contributed by atoms with E-state index in [0.29, 0.717) is 5.75 Å². The average molecular weight is 233 g/mol. The summed E-state index contributed by atoms with van der Waals surface area (Å²) in [6, 6.07) is 0. The molecule has 2 atom stereocenters. The molecule has 1 heterocycles. The molecule has 1 saturated heterocycles. The maximum absolute atomic E-state index is 11.4. The topological polar surface area (TPSA) is 85.2 Å². The van der Waals surface area contributed by atoms with E-state index in [1.807, 2.05) is 0 Å². The van der Waals surface area contributed by atoms with Crippen LogP contribution in [0, 0.1) is 5.92 Å². The summed E-state index contributed by atoms with van der Waals surface area (Å²) in [7, 11) is 2.46. The van der Waals surface area contributed by atoms with Crippen LogP contribution >= 0.6 is 11.8 Å². The van der Waals surface area contributed by atoms with E-state index in [-0.39, 0.29) is 5.71 Å². The third kappa shape index (κ3) is 2.23. The van der Waals surface area contributed by atoms with E-state index in [9.17, 15) is 9.59 Å². The first-order valence-corrected chi connectivity index (χ1v) is 5.18. The summed E-state index contributed by atoms with van der Waals surface area (Å²) in [5.74, 6) is -1.65. The van der Waals surface area contributed by atoms with Gasteiger partial charge in [-0.05, 0) is 0 Å². The second kappa shape index (κ2) is 5.01. The Morgan fingerprint density at radius 2 is 2.00 bits per heavy atom. The summed E-state index contributed by atoms with van der Waals surface area (Å²) in [6.07, 6.45) is 0. The third-order valence-electron chi connectivity index (χ3n) is 2.09. The molecule has 0 amide bonds. The number of thioether (sulfide) groups is 1. The zero-order chi connectivity index (χ0) is 11.4. The number of carbonyl (C=O) groups is 2. The van der Waals surface area contributed by atoms with Crippen molar-refractivity contribution in [2.45, 2.75) is 5.25 Å². The molecule has 0 aliphatic carbocycles. The second-order valence-corrected chi connectivity index (χ2v) is 3.98. The maximum atomic E-state index is 11.4. The van der Waals surface area contributed by atoms with Crippen molar-refractivity contribution in [2.75, 3.05) is 20.0 Å². The lowest BCUT2D eigenvalue weighted by atomic mass is 10.0. The van der Waals surface area contributed by atoms with Gasteiger partial charge in [-0.15, -0.1) is 11.8 Å². The smallest absolute Gasteiger partial charge is 0.320 e. The number of rotatable bonds is 2. The Balaban J connectivity index is 2.91. The zero-order valence-electron chi connectivity index (χ0n) is 8.30. The van der Waals surface area contributed by atoms with E-state index in [1.165, 1.54) is 26.0 Å². The molecule has 0 spiro atoms. The SMILES string of the molecule is COC(=O)[C@@H]1C(=NO)CS[C@H]1C(=O)OC. The molecule has 0 radical (unpaired) electrons. The Kier molecular flexibility index (Phi) is 3.96. The summed E-state index contributed by atoms with van der Waals surface area (Å²) in [5, 5.41) is 11.0. The predicted molar refractivity (Wildman–Crippen MR) is 53.0 cm³/mol. The van der Waals surface area contributed by atoms with E-state index in [0.717, 1.165) is 0 Å². The van der Waals surface area contributed by atoms with Gasteiger partial charge in [-0.2, -0.15) is 0 Å². The van der Waals surface area contributed by atoms with Gasteiger partial charge in [0.25, 0.3) is 0 Å². The Morgan fingerprint density at radius 1 is 1.40 bits per heavy atom. The van der Waals surface area contributed by atoms with E-state index < -0.39 is 23.1 Å². The van der Waals surface area contributed by atoms with Gasteiger partial charge in [0.1, 0.15) is 11.2 Å². The van der Waals surface area contributed by atoms with Crippen LogP contribution < -0.4 is 0 Å². The van der Waals surface area contributed by atoms with Gasteiger partial charge in [-0.1, -0.05) is 5.16 Å². The Morgan fingerprint density at radius 3 is 2.47 bits per heavy atom. The normalized spacial score (nSPS) is 27.7. The first-order valence-electron chi connectivity index (χ1n) is 4.13. The maximum Gasteiger partial charge on any atom is 0.320 e. The summed E-state index contributed by atoms with van der Waals surface area (Å²) < 4.78 is 9.09. The quantitative estimate of drug-likeness (QED) is 0.407. The molecule has 0 aromatic rings. The van der Waals surface area contributed by atoms with E-state index in [1.54, 1.807) is 0 Å². The summed E-state index contributed by atoms with van der Waals surface area (Å²) in [5.41, 5.74) is 0.238. The number of carbonyl (C=O) groups excluding carboxylic acids is 2. The molecule has 0 bridgehead atoms. The number of methoxy groups -OCH3 is 2.